The summed E-state index contributed by atoms with van der Waals surface area (Å²) < 4.78 is 0. The van der Waals surface area contributed by atoms with E-state index < -0.39 is 0 Å². The second-order valence-corrected chi connectivity index (χ2v) is 5.10. The molecule has 0 aliphatic heterocycles. The van der Waals surface area contributed by atoms with E-state index in [-0.39, 0.29) is 6.03 Å². The zero-order chi connectivity index (χ0) is 12.0. The molecule has 2 aliphatic carbocycles. The van der Waals surface area contributed by atoms with Crippen molar-refractivity contribution in [3.05, 3.63) is 28.3 Å². The molecule has 0 atom stereocenters. The van der Waals surface area contributed by atoms with Crippen molar-refractivity contribution in [2.45, 2.75) is 38.5 Å². The second-order valence-electron chi connectivity index (χ2n) is 5.10. The molecule has 2 N–H and O–H groups in total. The van der Waals surface area contributed by atoms with Crippen LogP contribution in [0.15, 0.2) is 6.07 Å². The van der Waals surface area contributed by atoms with Gasteiger partial charge in [-0.15, -0.1) is 0 Å². The lowest BCUT2D eigenvalue weighted by Crippen LogP contribution is -2.33. The first-order valence-corrected chi connectivity index (χ1v) is 6.38. The fourth-order valence-electron chi connectivity index (χ4n) is 3.30. The zero-order valence-corrected chi connectivity index (χ0v) is 10.3. The molecule has 3 nitrogen and oxygen atoms in total. The molecule has 0 heterocycles. The number of anilines is 1. The van der Waals surface area contributed by atoms with Gasteiger partial charge < -0.3 is 5.73 Å². The molecule has 0 spiro atoms. The normalized spacial score (nSPS) is 16.8. The number of aryl methyl sites for hydroxylation is 2. The van der Waals surface area contributed by atoms with E-state index >= 15 is 0 Å². The summed E-state index contributed by atoms with van der Waals surface area (Å²) >= 11 is 0. The molecule has 0 fully saturated rings. The van der Waals surface area contributed by atoms with Crippen LogP contribution in [0.25, 0.3) is 0 Å². The van der Waals surface area contributed by atoms with Crippen LogP contribution in [0.1, 0.15) is 35.1 Å². The highest BCUT2D eigenvalue weighted by atomic mass is 16.2. The number of benzene rings is 1. The molecular formula is C14H18N2O. The average molecular weight is 230 g/mol. The first-order valence-electron chi connectivity index (χ1n) is 6.38. The quantitative estimate of drug-likeness (QED) is 0.789. The van der Waals surface area contributed by atoms with Gasteiger partial charge in [0.2, 0.25) is 0 Å². The number of urea groups is 1. The van der Waals surface area contributed by atoms with Crippen LogP contribution in [0.5, 0.6) is 0 Å². The maximum Gasteiger partial charge on any atom is 0.319 e. The van der Waals surface area contributed by atoms with E-state index in [9.17, 15) is 4.79 Å². The Labute approximate surface area is 102 Å². The van der Waals surface area contributed by atoms with Gasteiger partial charge in [-0.2, -0.15) is 0 Å². The van der Waals surface area contributed by atoms with Gasteiger partial charge in [-0.1, -0.05) is 6.07 Å². The summed E-state index contributed by atoms with van der Waals surface area (Å²) in [5.74, 6) is 0. The lowest BCUT2D eigenvalue weighted by atomic mass is 9.98. The van der Waals surface area contributed by atoms with E-state index in [4.69, 9.17) is 5.73 Å². The number of nitrogens with zero attached hydrogens (tertiary/aromatic N) is 1. The number of rotatable bonds is 1. The Kier molecular flexibility index (Phi) is 2.35. The molecule has 1 aromatic rings. The molecule has 90 valence electrons. The Morgan fingerprint density at radius 1 is 1.12 bits per heavy atom. The number of amides is 2. The Balaban J connectivity index is 2.21. The number of nitrogens with two attached hydrogens (primary N) is 1. The van der Waals surface area contributed by atoms with Gasteiger partial charge in [0.25, 0.3) is 0 Å². The molecule has 0 aromatic heterocycles. The van der Waals surface area contributed by atoms with Gasteiger partial charge in [-0.05, 0) is 60.8 Å². The molecule has 0 radical (unpaired) electrons. The predicted molar refractivity (Wildman–Crippen MR) is 68.5 cm³/mol. The lowest BCUT2D eigenvalue weighted by molar-refractivity contribution is 0.255. The van der Waals surface area contributed by atoms with Crippen molar-refractivity contribution in [2.75, 3.05) is 11.9 Å². The van der Waals surface area contributed by atoms with Gasteiger partial charge in [0, 0.05) is 7.05 Å². The largest absolute Gasteiger partial charge is 0.351 e. The number of carbonyl (C=O) groups is 1. The molecule has 0 saturated carbocycles. The number of primary amides is 1. The van der Waals surface area contributed by atoms with Gasteiger partial charge in [-0.3, -0.25) is 4.90 Å². The fourth-order valence-corrected chi connectivity index (χ4v) is 3.30. The van der Waals surface area contributed by atoms with Crippen molar-refractivity contribution in [1.82, 2.24) is 0 Å². The van der Waals surface area contributed by atoms with E-state index in [1.807, 2.05) is 0 Å². The molecule has 0 unspecified atom stereocenters. The van der Waals surface area contributed by atoms with E-state index in [0.29, 0.717) is 0 Å². The zero-order valence-electron chi connectivity index (χ0n) is 10.3. The Morgan fingerprint density at radius 2 is 1.65 bits per heavy atom. The Hall–Kier alpha value is -1.51. The molecule has 2 amide bonds. The minimum absolute atomic E-state index is 0.348. The SMILES string of the molecule is CN(C(N)=O)c1c2c(cc3c1CCC3)CCC2. The van der Waals surface area contributed by atoms with Gasteiger partial charge in [0.05, 0.1) is 5.69 Å². The summed E-state index contributed by atoms with van der Waals surface area (Å²) in [6, 6.07) is 2.02. The van der Waals surface area contributed by atoms with Crippen molar-refractivity contribution in [1.29, 1.82) is 0 Å². The summed E-state index contributed by atoms with van der Waals surface area (Å²) in [4.78, 5) is 13.1. The standard InChI is InChI=1S/C14H18N2O/c1-16(14(15)17)13-11-6-2-4-9(11)8-10-5-3-7-12(10)13/h8H,2-7H2,1H3,(H2,15,17). The molecule has 3 heteroatoms. The molecular weight excluding hydrogens is 212 g/mol. The predicted octanol–water partition coefficient (Wildman–Crippen LogP) is 2.18. The summed E-state index contributed by atoms with van der Waals surface area (Å²) in [6.45, 7) is 0. The van der Waals surface area contributed by atoms with E-state index in [1.165, 1.54) is 35.1 Å². The Bertz CT molecular complexity index is 461. The van der Waals surface area contributed by atoms with Crippen LogP contribution >= 0.6 is 0 Å². The molecule has 17 heavy (non-hydrogen) atoms. The van der Waals surface area contributed by atoms with Crippen molar-refractivity contribution in [2.24, 2.45) is 5.73 Å². The van der Waals surface area contributed by atoms with Crippen LogP contribution in [0.3, 0.4) is 0 Å². The third-order valence-corrected chi connectivity index (χ3v) is 4.11. The number of hydrogen-bond acceptors (Lipinski definition) is 1. The van der Waals surface area contributed by atoms with Crippen molar-refractivity contribution >= 4 is 11.7 Å². The lowest BCUT2D eigenvalue weighted by Gasteiger charge is -2.22. The molecule has 3 rings (SSSR count). The maximum absolute atomic E-state index is 11.4. The highest BCUT2D eigenvalue weighted by molar-refractivity contribution is 5.93. The maximum atomic E-state index is 11.4. The minimum Gasteiger partial charge on any atom is -0.351 e. The first-order chi connectivity index (χ1) is 8.18. The van der Waals surface area contributed by atoms with Crippen LogP contribution < -0.4 is 10.6 Å². The van der Waals surface area contributed by atoms with E-state index in [2.05, 4.69) is 6.07 Å². The molecule has 0 saturated heterocycles. The molecule has 1 aromatic carbocycles. The number of carbonyl (C=O) groups excluding carboxylic acids is 1. The summed E-state index contributed by atoms with van der Waals surface area (Å²) in [5.41, 5.74) is 12.2. The van der Waals surface area contributed by atoms with Crippen LogP contribution in [-0.2, 0) is 25.7 Å². The van der Waals surface area contributed by atoms with Gasteiger partial charge in [-0.25, -0.2) is 4.79 Å². The van der Waals surface area contributed by atoms with Gasteiger partial charge in [0.15, 0.2) is 0 Å². The highest BCUT2D eigenvalue weighted by Crippen LogP contribution is 2.40. The number of fused-ring (bicyclic) bond motifs is 2. The topological polar surface area (TPSA) is 46.3 Å². The van der Waals surface area contributed by atoms with Crippen LogP contribution in [-0.4, -0.2) is 13.1 Å². The fraction of sp³-hybridized carbons (Fsp3) is 0.500. The smallest absolute Gasteiger partial charge is 0.319 e. The number of hydrogen-bond donors (Lipinski definition) is 1. The van der Waals surface area contributed by atoms with Crippen molar-refractivity contribution < 1.29 is 4.79 Å². The van der Waals surface area contributed by atoms with Gasteiger partial charge >= 0.3 is 6.03 Å². The first kappa shape index (κ1) is 10.6. The molecule has 0 bridgehead atoms. The monoisotopic (exact) mass is 230 g/mol. The Morgan fingerprint density at radius 3 is 2.12 bits per heavy atom. The second kappa shape index (κ2) is 3.76. The summed E-state index contributed by atoms with van der Waals surface area (Å²) in [6.07, 6.45) is 6.91. The van der Waals surface area contributed by atoms with Crippen molar-refractivity contribution in [3.63, 3.8) is 0 Å². The summed E-state index contributed by atoms with van der Waals surface area (Å²) in [7, 11) is 1.80. The third kappa shape index (κ3) is 1.53. The minimum atomic E-state index is -0.348. The van der Waals surface area contributed by atoms with E-state index in [0.717, 1.165) is 31.4 Å². The highest BCUT2D eigenvalue weighted by Gasteiger charge is 2.26. The van der Waals surface area contributed by atoms with Crippen LogP contribution in [0, 0.1) is 0 Å². The van der Waals surface area contributed by atoms with Gasteiger partial charge in [0.1, 0.15) is 0 Å². The average Bonchev–Trinajstić information content (AvgIpc) is 2.91. The molecule has 2 aliphatic rings. The van der Waals surface area contributed by atoms with Crippen molar-refractivity contribution in [3.8, 4) is 0 Å². The van der Waals surface area contributed by atoms with E-state index in [1.54, 1.807) is 11.9 Å². The summed E-state index contributed by atoms with van der Waals surface area (Å²) in [5, 5.41) is 0. The third-order valence-electron chi connectivity index (χ3n) is 4.11. The van der Waals surface area contributed by atoms with Crippen LogP contribution in [0.2, 0.25) is 0 Å². The van der Waals surface area contributed by atoms with Crippen LogP contribution in [0.4, 0.5) is 10.5 Å².